The lowest BCUT2D eigenvalue weighted by atomic mass is 10.0. The first-order valence-electron chi connectivity index (χ1n) is 11.1. The normalized spacial score (nSPS) is 22.0. The van der Waals surface area contributed by atoms with Crippen molar-refractivity contribution in [3.63, 3.8) is 0 Å². The molecule has 0 bridgehead atoms. The van der Waals surface area contributed by atoms with E-state index in [1.54, 1.807) is 4.68 Å². The summed E-state index contributed by atoms with van der Waals surface area (Å²) < 4.78 is 24.4. The molecule has 6 rings (SSSR count). The first-order valence-corrected chi connectivity index (χ1v) is 12.6. The maximum atomic E-state index is 13.2. The summed E-state index contributed by atoms with van der Waals surface area (Å²) in [5, 5.41) is 13.2. The third kappa shape index (κ3) is 3.07. The summed E-state index contributed by atoms with van der Waals surface area (Å²) in [7, 11) is -3.49. The molecule has 1 fully saturated rings. The molecule has 164 valence electrons. The Morgan fingerprint density at radius 1 is 1.19 bits per heavy atom. The molecule has 10 heteroatoms. The average Bonchev–Trinajstić information content (AvgIpc) is 3.07. The van der Waals surface area contributed by atoms with Crippen molar-refractivity contribution in [3.05, 3.63) is 28.7 Å². The van der Waals surface area contributed by atoms with E-state index in [-0.39, 0.29) is 10.3 Å². The van der Waals surface area contributed by atoms with Gasteiger partial charge in [-0.2, -0.15) is 5.10 Å². The van der Waals surface area contributed by atoms with Crippen LogP contribution in [-0.2, 0) is 41.1 Å². The Bertz CT molecular complexity index is 1220. The Kier molecular flexibility index (Phi) is 4.20. The molecule has 3 aliphatic carbocycles. The predicted octanol–water partition coefficient (Wildman–Crippen LogP) is 2.85. The van der Waals surface area contributed by atoms with E-state index in [4.69, 9.17) is 14.9 Å². The van der Waals surface area contributed by atoms with Crippen LogP contribution in [0.15, 0.2) is 15.5 Å². The summed E-state index contributed by atoms with van der Waals surface area (Å²) in [4.78, 5) is 18.1. The van der Waals surface area contributed by atoms with Crippen LogP contribution in [-0.4, -0.2) is 31.6 Å². The van der Waals surface area contributed by atoms with Gasteiger partial charge in [0.15, 0.2) is 9.92 Å². The number of amides is 2. The smallest absolute Gasteiger partial charge is 0.354 e. The number of fused-ring (bicyclic) bond motifs is 4. The number of aryl methyl sites for hydroxylation is 2. The van der Waals surface area contributed by atoms with Gasteiger partial charge in [0.2, 0.25) is 5.88 Å². The summed E-state index contributed by atoms with van der Waals surface area (Å²) in [5.74, 6) is 0.350. The number of pyridine rings is 1. The SMILES string of the molecule is NS(=O)(=NC(=O)Nc1c2c(nc3c1CCC31CC1)CCC2)c1cnn2c1OCCCC2. The fourth-order valence-corrected chi connectivity index (χ4v) is 6.28. The van der Waals surface area contributed by atoms with Gasteiger partial charge in [-0.1, -0.05) is 0 Å². The monoisotopic (exact) mass is 442 g/mol. The van der Waals surface area contributed by atoms with Gasteiger partial charge in [0.25, 0.3) is 0 Å². The number of carbonyl (C=O) groups excluding carboxylic acids is 1. The van der Waals surface area contributed by atoms with Crippen molar-refractivity contribution in [2.75, 3.05) is 11.9 Å². The maximum absolute atomic E-state index is 13.2. The van der Waals surface area contributed by atoms with Crippen molar-refractivity contribution in [2.24, 2.45) is 9.50 Å². The Balaban J connectivity index is 1.35. The number of hydrogen-bond donors (Lipinski definition) is 2. The molecule has 9 nitrogen and oxygen atoms in total. The third-order valence-electron chi connectivity index (χ3n) is 7.06. The van der Waals surface area contributed by atoms with Crippen molar-refractivity contribution in [1.82, 2.24) is 14.8 Å². The molecule has 2 amide bonds. The van der Waals surface area contributed by atoms with Crippen LogP contribution in [0.3, 0.4) is 0 Å². The highest BCUT2D eigenvalue weighted by Gasteiger charge is 2.51. The second-order valence-electron chi connectivity index (χ2n) is 9.06. The molecule has 1 atom stereocenters. The minimum atomic E-state index is -3.49. The number of nitrogens with one attached hydrogen (secondary N) is 1. The summed E-state index contributed by atoms with van der Waals surface area (Å²) >= 11 is 0. The molecule has 2 aromatic heterocycles. The molecule has 3 heterocycles. The van der Waals surface area contributed by atoms with Crippen molar-refractivity contribution in [3.8, 4) is 5.88 Å². The maximum Gasteiger partial charge on any atom is 0.354 e. The van der Waals surface area contributed by atoms with Crippen molar-refractivity contribution < 1.29 is 13.7 Å². The number of anilines is 1. The molecule has 1 spiro atoms. The molecule has 0 radical (unpaired) electrons. The van der Waals surface area contributed by atoms with E-state index in [2.05, 4.69) is 14.8 Å². The van der Waals surface area contributed by atoms with Gasteiger partial charge in [0.05, 0.1) is 24.2 Å². The molecule has 0 saturated heterocycles. The van der Waals surface area contributed by atoms with Crippen molar-refractivity contribution in [2.45, 2.75) is 74.6 Å². The summed E-state index contributed by atoms with van der Waals surface area (Å²) in [6, 6.07) is -0.694. The van der Waals surface area contributed by atoms with Crippen molar-refractivity contribution in [1.29, 1.82) is 0 Å². The van der Waals surface area contributed by atoms with Gasteiger partial charge in [-0.3, -0.25) is 4.98 Å². The average molecular weight is 443 g/mol. The molecule has 4 aliphatic rings. The molecule has 1 saturated carbocycles. The minimum absolute atomic E-state index is 0.173. The molecular formula is C21H26N6O3S. The second-order valence-corrected chi connectivity index (χ2v) is 10.8. The largest absolute Gasteiger partial charge is 0.477 e. The van der Waals surface area contributed by atoms with Crippen molar-refractivity contribution >= 4 is 21.6 Å². The summed E-state index contributed by atoms with van der Waals surface area (Å²) in [5.41, 5.74) is 5.53. The standard InChI is InChI=1S/C21H26N6O3S/c22-31(29,16-12-23-27-10-1-2-11-30-19(16)27)26-20(28)25-17-13-4-3-5-15(13)24-18-14(17)6-7-21(18)8-9-21/h12H,1-11H2,(H3,22,24,25,26,28,29). The number of hydrogen-bond acceptors (Lipinski definition) is 5. The van der Waals surface area contributed by atoms with Crippen LogP contribution >= 0.6 is 0 Å². The number of nitrogens with two attached hydrogens (primary N) is 1. The minimum Gasteiger partial charge on any atom is -0.477 e. The Morgan fingerprint density at radius 3 is 2.90 bits per heavy atom. The molecule has 0 aromatic carbocycles. The lowest BCUT2D eigenvalue weighted by Gasteiger charge is -2.16. The lowest BCUT2D eigenvalue weighted by Crippen LogP contribution is -2.20. The zero-order valence-corrected chi connectivity index (χ0v) is 18.2. The Labute approximate surface area is 181 Å². The Hall–Kier alpha value is -2.46. The van der Waals surface area contributed by atoms with Gasteiger partial charge >= 0.3 is 6.03 Å². The predicted molar refractivity (Wildman–Crippen MR) is 114 cm³/mol. The van der Waals surface area contributed by atoms with E-state index in [9.17, 15) is 9.00 Å². The molecule has 1 aliphatic heterocycles. The fraction of sp³-hybridized carbons (Fsp3) is 0.571. The quantitative estimate of drug-likeness (QED) is 0.740. The number of ether oxygens (including phenoxy) is 1. The highest BCUT2D eigenvalue weighted by Crippen LogP contribution is 2.58. The fourth-order valence-electron chi connectivity index (χ4n) is 5.27. The number of aromatic nitrogens is 3. The zero-order valence-electron chi connectivity index (χ0n) is 17.4. The van der Waals surface area contributed by atoms with Gasteiger partial charge < -0.3 is 10.1 Å². The summed E-state index contributed by atoms with van der Waals surface area (Å²) in [6.07, 6.45) is 10.4. The number of rotatable bonds is 2. The highest BCUT2D eigenvalue weighted by atomic mass is 32.2. The van der Waals surface area contributed by atoms with Gasteiger partial charge in [0, 0.05) is 17.7 Å². The third-order valence-corrected chi connectivity index (χ3v) is 8.41. The Morgan fingerprint density at radius 2 is 2.06 bits per heavy atom. The van der Waals surface area contributed by atoms with Crippen LogP contribution in [0, 0.1) is 0 Å². The van der Waals surface area contributed by atoms with Crippen LogP contribution in [0.2, 0.25) is 0 Å². The number of carbonyl (C=O) groups is 1. The number of nitrogens with zero attached hydrogens (tertiary/aromatic N) is 4. The highest BCUT2D eigenvalue weighted by molar-refractivity contribution is 7.91. The van der Waals surface area contributed by atoms with Gasteiger partial charge in [-0.15, -0.1) is 4.36 Å². The topological polar surface area (TPSA) is 124 Å². The van der Waals surface area contributed by atoms with E-state index >= 15 is 0 Å². The summed E-state index contributed by atoms with van der Waals surface area (Å²) in [6.45, 7) is 1.16. The van der Waals surface area contributed by atoms with Crippen LogP contribution in [0.5, 0.6) is 5.88 Å². The molecule has 2 aromatic rings. The van der Waals surface area contributed by atoms with E-state index < -0.39 is 15.9 Å². The molecule has 31 heavy (non-hydrogen) atoms. The molecule has 3 N–H and O–H groups in total. The van der Waals surface area contributed by atoms with Crippen LogP contribution in [0.4, 0.5) is 10.5 Å². The van der Waals surface area contributed by atoms with E-state index in [0.29, 0.717) is 19.0 Å². The van der Waals surface area contributed by atoms with Crippen LogP contribution < -0.4 is 15.2 Å². The van der Waals surface area contributed by atoms with E-state index in [0.717, 1.165) is 73.1 Å². The van der Waals surface area contributed by atoms with E-state index in [1.165, 1.54) is 19.0 Å². The lowest BCUT2D eigenvalue weighted by molar-refractivity contribution is 0.260. The number of urea groups is 1. The van der Waals surface area contributed by atoms with E-state index in [1.807, 2.05) is 0 Å². The van der Waals surface area contributed by atoms with Crippen LogP contribution in [0.1, 0.15) is 61.0 Å². The molecule has 1 unspecified atom stereocenters. The first kappa shape index (κ1) is 19.2. The molecular weight excluding hydrogens is 416 g/mol. The van der Waals surface area contributed by atoms with Gasteiger partial charge in [-0.25, -0.2) is 18.8 Å². The zero-order chi connectivity index (χ0) is 21.2. The first-order chi connectivity index (χ1) is 15.0. The van der Waals surface area contributed by atoms with Gasteiger partial charge in [-0.05, 0) is 68.9 Å². The van der Waals surface area contributed by atoms with Crippen LogP contribution in [0.25, 0.3) is 0 Å². The van der Waals surface area contributed by atoms with Gasteiger partial charge in [0.1, 0.15) is 4.90 Å². The second kappa shape index (κ2) is 6.77.